The van der Waals surface area contributed by atoms with Gasteiger partial charge in [-0.15, -0.1) is 0 Å². The van der Waals surface area contributed by atoms with E-state index in [1.54, 1.807) is 0 Å². The molecule has 2 heteroatoms. The summed E-state index contributed by atoms with van der Waals surface area (Å²) in [5.41, 5.74) is 2.65. The largest absolute Gasteiger partial charge is 0.465 e. The van der Waals surface area contributed by atoms with Crippen molar-refractivity contribution in [1.82, 2.24) is 0 Å². The van der Waals surface area contributed by atoms with Crippen molar-refractivity contribution in [3.05, 3.63) is 34.9 Å². The molecule has 0 spiro atoms. The molecule has 1 rings (SSSR count). The summed E-state index contributed by atoms with van der Waals surface area (Å²) in [5, 5.41) is 0. The molecule has 0 fully saturated rings. The van der Waals surface area contributed by atoms with Crippen LogP contribution in [-0.2, 0) is 15.6 Å². The highest BCUT2D eigenvalue weighted by atomic mass is 16.5. The van der Waals surface area contributed by atoms with E-state index >= 15 is 0 Å². The molecule has 0 N–H and O–H groups in total. The third-order valence-electron chi connectivity index (χ3n) is 3.07. The standard InChI is InChI=1S/C16H24O2/c1-15(2,3)11-9-8-10-12(16(4,5)6)13(11)14(17)18-7/h8-10H,1-7H3. The Balaban J connectivity index is 3.61. The van der Waals surface area contributed by atoms with Crippen LogP contribution in [0.25, 0.3) is 0 Å². The number of esters is 1. The van der Waals surface area contributed by atoms with Crippen molar-refractivity contribution < 1.29 is 9.53 Å². The van der Waals surface area contributed by atoms with Crippen LogP contribution >= 0.6 is 0 Å². The Morgan fingerprint density at radius 1 is 0.944 bits per heavy atom. The van der Waals surface area contributed by atoms with Crippen LogP contribution < -0.4 is 0 Å². The molecular weight excluding hydrogens is 224 g/mol. The first-order valence-corrected chi connectivity index (χ1v) is 6.31. The molecule has 0 bridgehead atoms. The van der Waals surface area contributed by atoms with Gasteiger partial charge in [-0.25, -0.2) is 4.79 Å². The summed E-state index contributed by atoms with van der Waals surface area (Å²) in [6.07, 6.45) is 0. The Kier molecular flexibility index (Phi) is 3.89. The number of rotatable bonds is 1. The molecule has 0 aliphatic heterocycles. The molecule has 18 heavy (non-hydrogen) atoms. The van der Waals surface area contributed by atoms with Crippen LogP contribution in [0.15, 0.2) is 18.2 Å². The van der Waals surface area contributed by atoms with E-state index in [9.17, 15) is 4.79 Å². The Labute approximate surface area is 110 Å². The lowest BCUT2D eigenvalue weighted by molar-refractivity contribution is 0.0595. The van der Waals surface area contributed by atoms with Crippen molar-refractivity contribution in [2.75, 3.05) is 7.11 Å². The van der Waals surface area contributed by atoms with Crippen molar-refractivity contribution in [1.29, 1.82) is 0 Å². The minimum atomic E-state index is -0.245. The summed E-state index contributed by atoms with van der Waals surface area (Å²) in [5.74, 6) is -0.245. The molecule has 0 saturated heterocycles. The molecule has 0 aliphatic rings. The van der Waals surface area contributed by atoms with E-state index in [4.69, 9.17) is 4.74 Å². The van der Waals surface area contributed by atoms with Crippen molar-refractivity contribution in [3.63, 3.8) is 0 Å². The second kappa shape index (κ2) is 4.75. The van der Waals surface area contributed by atoms with E-state index in [1.165, 1.54) is 7.11 Å². The number of hydrogen-bond acceptors (Lipinski definition) is 2. The van der Waals surface area contributed by atoms with E-state index < -0.39 is 0 Å². The van der Waals surface area contributed by atoms with Crippen LogP contribution in [-0.4, -0.2) is 13.1 Å². The Hall–Kier alpha value is -1.31. The molecule has 0 atom stereocenters. The van der Waals surface area contributed by atoms with Crippen molar-refractivity contribution in [2.24, 2.45) is 0 Å². The normalized spacial score (nSPS) is 12.4. The molecular formula is C16H24O2. The van der Waals surface area contributed by atoms with Crippen LogP contribution in [0.2, 0.25) is 0 Å². The fourth-order valence-electron chi connectivity index (χ4n) is 2.12. The molecule has 100 valence electrons. The molecule has 0 heterocycles. The van der Waals surface area contributed by atoms with Gasteiger partial charge < -0.3 is 4.74 Å². The van der Waals surface area contributed by atoms with Crippen molar-refractivity contribution >= 4 is 5.97 Å². The summed E-state index contributed by atoms with van der Waals surface area (Å²) in [6.45, 7) is 12.7. The Morgan fingerprint density at radius 3 is 1.61 bits per heavy atom. The Bertz CT molecular complexity index is 413. The Morgan fingerprint density at radius 2 is 1.33 bits per heavy atom. The third kappa shape index (κ3) is 2.92. The molecule has 0 unspecified atom stereocenters. The zero-order valence-corrected chi connectivity index (χ0v) is 12.5. The van der Waals surface area contributed by atoms with Gasteiger partial charge in [0.1, 0.15) is 0 Å². The molecule has 0 aliphatic carbocycles. The number of hydrogen-bond donors (Lipinski definition) is 0. The van der Waals surface area contributed by atoms with E-state index in [-0.39, 0.29) is 16.8 Å². The van der Waals surface area contributed by atoms with Gasteiger partial charge in [-0.1, -0.05) is 59.7 Å². The zero-order chi connectivity index (χ0) is 14.1. The first kappa shape index (κ1) is 14.7. The number of ether oxygens (including phenoxy) is 1. The predicted octanol–water partition coefficient (Wildman–Crippen LogP) is 4.07. The average molecular weight is 248 g/mol. The number of benzene rings is 1. The minimum Gasteiger partial charge on any atom is -0.465 e. The lowest BCUT2D eigenvalue weighted by atomic mass is 9.76. The highest BCUT2D eigenvalue weighted by Crippen LogP contribution is 2.34. The first-order chi connectivity index (χ1) is 8.09. The number of methoxy groups -OCH3 is 1. The van der Waals surface area contributed by atoms with E-state index in [2.05, 4.69) is 41.5 Å². The fraction of sp³-hybridized carbons (Fsp3) is 0.562. The van der Waals surface area contributed by atoms with Crippen LogP contribution in [0, 0.1) is 0 Å². The summed E-state index contributed by atoms with van der Waals surface area (Å²) in [4.78, 5) is 12.1. The van der Waals surface area contributed by atoms with E-state index in [1.807, 2.05) is 18.2 Å². The SMILES string of the molecule is COC(=O)c1c(C(C)(C)C)cccc1C(C)(C)C. The van der Waals surface area contributed by atoms with Crippen molar-refractivity contribution in [2.45, 2.75) is 52.4 Å². The van der Waals surface area contributed by atoms with Gasteiger partial charge in [0, 0.05) is 0 Å². The quantitative estimate of drug-likeness (QED) is 0.700. The van der Waals surface area contributed by atoms with Gasteiger partial charge in [-0.3, -0.25) is 0 Å². The molecule has 1 aromatic carbocycles. The highest BCUT2D eigenvalue weighted by molar-refractivity contribution is 5.93. The fourth-order valence-corrected chi connectivity index (χ4v) is 2.12. The monoisotopic (exact) mass is 248 g/mol. The second-order valence-corrected chi connectivity index (χ2v) is 6.72. The molecule has 1 aromatic rings. The van der Waals surface area contributed by atoms with Crippen LogP contribution in [0.5, 0.6) is 0 Å². The van der Waals surface area contributed by atoms with Crippen LogP contribution in [0.4, 0.5) is 0 Å². The zero-order valence-electron chi connectivity index (χ0n) is 12.5. The molecule has 0 aromatic heterocycles. The molecule has 0 saturated carbocycles. The number of carbonyl (C=O) groups excluding carboxylic acids is 1. The minimum absolute atomic E-state index is 0.0786. The summed E-state index contributed by atoms with van der Waals surface area (Å²) >= 11 is 0. The highest BCUT2D eigenvalue weighted by Gasteiger charge is 2.29. The summed E-state index contributed by atoms with van der Waals surface area (Å²) in [6, 6.07) is 6.05. The second-order valence-electron chi connectivity index (χ2n) is 6.72. The predicted molar refractivity (Wildman–Crippen MR) is 75.2 cm³/mol. The maximum absolute atomic E-state index is 12.1. The molecule has 2 nitrogen and oxygen atoms in total. The summed E-state index contributed by atoms with van der Waals surface area (Å²) in [7, 11) is 1.44. The van der Waals surface area contributed by atoms with Crippen LogP contribution in [0.3, 0.4) is 0 Å². The molecule has 0 amide bonds. The lowest BCUT2D eigenvalue weighted by Gasteiger charge is -2.28. The van der Waals surface area contributed by atoms with Crippen molar-refractivity contribution in [3.8, 4) is 0 Å². The van der Waals surface area contributed by atoms with Gasteiger partial charge in [0.15, 0.2) is 0 Å². The smallest absolute Gasteiger partial charge is 0.338 e. The molecule has 0 radical (unpaired) electrons. The number of carbonyl (C=O) groups is 1. The summed E-state index contributed by atoms with van der Waals surface area (Å²) < 4.78 is 4.97. The maximum Gasteiger partial charge on any atom is 0.338 e. The van der Waals surface area contributed by atoms with Gasteiger partial charge in [0.05, 0.1) is 12.7 Å². The van der Waals surface area contributed by atoms with Gasteiger partial charge in [0.2, 0.25) is 0 Å². The van der Waals surface area contributed by atoms with Crippen LogP contribution in [0.1, 0.15) is 63.0 Å². The lowest BCUT2D eigenvalue weighted by Crippen LogP contribution is -2.24. The average Bonchev–Trinajstić information content (AvgIpc) is 2.24. The maximum atomic E-state index is 12.1. The third-order valence-corrected chi connectivity index (χ3v) is 3.07. The first-order valence-electron chi connectivity index (χ1n) is 6.31. The van der Waals surface area contributed by atoms with Gasteiger partial charge in [0.25, 0.3) is 0 Å². The van der Waals surface area contributed by atoms with E-state index in [0.717, 1.165) is 16.7 Å². The van der Waals surface area contributed by atoms with Gasteiger partial charge >= 0.3 is 5.97 Å². The van der Waals surface area contributed by atoms with Gasteiger partial charge in [-0.2, -0.15) is 0 Å². The van der Waals surface area contributed by atoms with Gasteiger partial charge in [-0.05, 0) is 22.0 Å². The van der Waals surface area contributed by atoms with E-state index in [0.29, 0.717) is 0 Å². The topological polar surface area (TPSA) is 26.3 Å².